The van der Waals surface area contributed by atoms with Crippen LogP contribution in [0.2, 0.25) is 5.02 Å². The molecule has 7 nitrogen and oxygen atoms in total. The molecule has 2 aromatic carbocycles. The predicted molar refractivity (Wildman–Crippen MR) is 102 cm³/mol. The lowest BCUT2D eigenvalue weighted by Gasteiger charge is -2.16. The molecule has 0 saturated carbocycles. The fraction of sp³-hybridized carbons (Fsp3) is 0.158. The third kappa shape index (κ3) is 4.32. The Hall–Kier alpha value is -3.19. The summed E-state index contributed by atoms with van der Waals surface area (Å²) in [6, 6.07) is 13.1. The summed E-state index contributed by atoms with van der Waals surface area (Å²) < 4.78 is 0. The van der Waals surface area contributed by atoms with Crippen LogP contribution in [0.1, 0.15) is 12.8 Å². The SMILES string of the molecule is O=C(O)CCC(Nc1nc(-c2ccccc2Cl)nc2ccccc12)C(=O)O. The maximum absolute atomic E-state index is 11.5. The van der Waals surface area contributed by atoms with Crippen LogP contribution in [0.5, 0.6) is 0 Å². The highest BCUT2D eigenvalue weighted by molar-refractivity contribution is 6.33. The van der Waals surface area contributed by atoms with Crippen molar-refractivity contribution in [3.63, 3.8) is 0 Å². The Bertz CT molecular complexity index is 1010. The van der Waals surface area contributed by atoms with Gasteiger partial charge in [0.25, 0.3) is 0 Å². The monoisotopic (exact) mass is 385 g/mol. The zero-order valence-electron chi connectivity index (χ0n) is 14.1. The molecule has 0 aliphatic carbocycles. The standard InChI is InChI=1S/C19H16ClN3O4/c20-13-7-3-1-5-11(13)17-21-14-8-4-2-6-12(14)18(23-17)22-15(19(26)27)9-10-16(24)25/h1-8,15H,9-10H2,(H,24,25)(H,26,27)(H,21,22,23). The van der Waals surface area contributed by atoms with Crippen LogP contribution in [0.15, 0.2) is 48.5 Å². The topological polar surface area (TPSA) is 112 Å². The normalized spacial score (nSPS) is 11.9. The zero-order valence-corrected chi connectivity index (χ0v) is 14.8. The fourth-order valence-corrected chi connectivity index (χ4v) is 2.86. The van der Waals surface area contributed by atoms with Crippen LogP contribution in [0.3, 0.4) is 0 Å². The smallest absolute Gasteiger partial charge is 0.326 e. The minimum atomic E-state index is -1.15. The molecule has 8 heteroatoms. The summed E-state index contributed by atoms with van der Waals surface area (Å²) in [7, 11) is 0. The molecule has 3 rings (SSSR count). The summed E-state index contributed by atoms with van der Waals surface area (Å²) in [6.45, 7) is 0. The van der Waals surface area contributed by atoms with E-state index in [1.54, 1.807) is 42.5 Å². The number of nitrogens with one attached hydrogen (secondary N) is 1. The molecule has 0 saturated heterocycles. The summed E-state index contributed by atoms with van der Waals surface area (Å²) in [6.07, 6.45) is -0.352. The van der Waals surface area contributed by atoms with E-state index in [4.69, 9.17) is 16.7 Å². The van der Waals surface area contributed by atoms with E-state index in [-0.39, 0.29) is 12.8 Å². The Morgan fingerprint density at radius 3 is 2.44 bits per heavy atom. The minimum absolute atomic E-state index is 0.0789. The highest BCUT2D eigenvalue weighted by atomic mass is 35.5. The molecule has 3 N–H and O–H groups in total. The van der Waals surface area contributed by atoms with Crippen LogP contribution in [-0.2, 0) is 9.59 Å². The highest BCUT2D eigenvalue weighted by Gasteiger charge is 2.21. The number of aliphatic carboxylic acids is 2. The van der Waals surface area contributed by atoms with E-state index < -0.39 is 18.0 Å². The van der Waals surface area contributed by atoms with Crippen molar-refractivity contribution in [2.75, 3.05) is 5.32 Å². The van der Waals surface area contributed by atoms with E-state index in [1.807, 2.05) is 6.07 Å². The molecule has 3 aromatic rings. The molecule has 138 valence electrons. The van der Waals surface area contributed by atoms with Crippen molar-refractivity contribution in [2.45, 2.75) is 18.9 Å². The van der Waals surface area contributed by atoms with Crippen molar-refractivity contribution in [1.82, 2.24) is 9.97 Å². The number of anilines is 1. The van der Waals surface area contributed by atoms with E-state index in [1.165, 1.54) is 0 Å². The minimum Gasteiger partial charge on any atom is -0.481 e. The molecule has 0 fully saturated rings. The number of nitrogens with zero attached hydrogens (tertiary/aromatic N) is 2. The van der Waals surface area contributed by atoms with E-state index >= 15 is 0 Å². The van der Waals surface area contributed by atoms with Crippen LogP contribution in [0.25, 0.3) is 22.3 Å². The van der Waals surface area contributed by atoms with Crippen molar-refractivity contribution in [3.05, 3.63) is 53.6 Å². The van der Waals surface area contributed by atoms with Crippen LogP contribution < -0.4 is 5.32 Å². The lowest BCUT2D eigenvalue weighted by atomic mass is 10.1. The first-order chi connectivity index (χ1) is 13.0. The second kappa shape index (κ2) is 8.01. The predicted octanol–water partition coefficient (Wildman–Crippen LogP) is 3.68. The van der Waals surface area contributed by atoms with Crippen molar-refractivity contribution >= 4 is 40.3 Å². The zero-order chi connectivity index (χ0) is 19.4. The van der Waals surface area contributed by atoms with Gasteiger partial charge in [0.2, 0.25) is 0 Å². The van der Waals surface area contributed by atoms with Gasteiger partial charge in [0, 0.05) is 17.4 Å². The molecule has 0 aliphatic heterocycles. The molecule has 27 heavy (non-hydrogen) atoms. The number of carbonyl (C=O) groups is 2. The van der Waals surface area contributed by atoms with Gasteiger partial charge in [0.05, 0.1) is 10.5 Å². The third-order valence-electron chi connectivity index (χ3n) is 3.97. The van der Waals surface area contributed by atoms with Gasteiger partial charge in [-0.05, 0) is 30.7 Å². The quantitative estimate of drug-likeness (QED) is 0.568. The Morgan fingerprint density at radius 1 is 1.04 bits per heavy atom. The Balaban J connectivity index is 2.06. The average Bonchev–Trinajstić information content (AvgIpc) is 2.64. The highest BCUT2D eigenvalue weighted by Crippen LogP contribution is 2.29. The van der Waals surface area contributed by atoms with Gasteiger partial charge in [-0.15, -0.1) is 0 Å². The summed E-state index contributed by atoms with van der Waals surface area (Å²) in [5.74, 6) is -1.55. The molecule has 1 atom stereocenters. The van der Waals surface area contributed by atoms with Gasteiger partial charge in [-0.25, -0.2) is 14.8 Å². The number of carboxylic acids is 2. The van der Waals surface area contributed by atoms with Crippen LogP contribution in [0.4, 0.5) is 5.82 Å². The second-order valence-corrected chi connectivity index (χ2v) is 6.27. The van der Waals surface area contributed by atoms with Gasteiger partial charge < -0.3 is 15.5 Å². The van der Waals surface area contributed by atoms with Gasteiger partial charge in [0.1, 0.15) is 11.9 Å². The Morgan fingerprint density at radius 2 is 1.74 bits per heavy atom. The number of hydrogen-bond donors (Lipinski definition) is 3. The lowest BCUT2D eigenvalue weighted by Crippen LogP contribution is -2.30. The number of aromatic nitrogens is 2. The molecule has 1 heterocycles. The molecule has 0 radical (unpaired) electrons. The summed E-state index contributed by atoms with van der Waals surface area (Å²) in [5.41, 5.74) is 1.23. The van der Waals surface area contributed by atoms with E-state index in [0.29, 0.717) is 33.1 Å². The molecule has 0 spiro atoms. The number of halogens is 1. The largest absolute Gasteiger partial charge is 0.481 e. The number of fused-ring (bicyclic) bond motifs is 1. The summed E-state index contributed by atoms with van der Waals surface area (Å²) in [4.78, 5) is 31.3. The lowest BCUT2D eigenvalue weighted by molar-refractivity contribution is -0.139. The molecule has 0 aliphatic rings. The maximum Gasteiger partial charge on any atom is 0.326 e. The number of rotatable bonds is 7. The molecule has 1 unspecified atom stereocenters. The van der Waals surface area contributed by atoms with Crippen molar-refractivity contribution < 1.29 is 19.8 Å². The van der Waals surface area contributed by atoms with Crippen molar-refractivity contribution in [1.29, 1.82) is 0 Å². The summed E-state index contributed by atoms with van der Waals surface area (Å²) in [5, 5.41) is 22.2. The first-order valence-corrected chi connectivity index (χ1v) is 8.56. The third-order valence-corrected chi connectivity index (χ3v) is 4.30. The Labute approximate surface area is 159 Å². The number of benzene rings is 2. The van der Waals surface area contributed by atoms with E-state index in [0.717, 1.165) is 0 Å². The van der Waals surface area contributed by atoms with Gasteiger partial charge in [0.15, 0.2) is 5.82 Å². The van der Waals surface area contributed by atoms with Gasteiger partial charge >= 0.3 is 11.9 Å². The number of para-hydroxylation sites is 1. The molecule has 0 amide bonds. The number of hydrogen-bond acceptors (Lipinski definition) is 5. The number of carboxylic acid groups (broad SMARTS) is 2. The van der Waals surface area contributed by atoms with Crippen molar-refractivity contribution in [2.24, 2.45) is 0 Å². The van der Waals surface area contributed by atoms with E-state index in [2.05, 4.69) is 15.3 Å². The fourth-order valence-electron chi connectivity index (χ4n) is 2.64. The van der Waals surface area contributed by atoms with Crippen LogP contribution in [-0.4, -0.2) is 38.2 Å². The molecule has 0 bridgehead atoms. The second-order valence-electron chi connectivity index (χ2n) is 5.86. The summed E-state index contributed by atoms with van der Waals surface area (Å²) >= 11 is 6.24. The maximum atomic E-state index is 11.5. The average molecular weight is 386 g/mol. The van der Waals surface area contributed by atoms with Gasteiger partial charge in [-0.2, -0.15) is 0 Å². The molecule has 1 aromatic heterocycles. The van der Waals surface area contributed by atoms with Gasteiger partial charge in [-0.1, -0.05) is 35.9 Å². The first-order valence-electron chi connectivity index (χ1n) is 8.18. The molecular weight excluding hydrogens is 370 g/mol. The molecular formula is C19H16ClN3O4. The van der Waals surface area contributed by atoms with Crippen molar-refractivity contribution in [3.8, 4) is 11.4 Å². The van der Waals surface area contributed by atoms with Crippen LogP contribution >= 0.6 is 11.6 Å². The van der Waals surface area contributed by atoms with Crippen LogP contribution in [0, 0.1) is 0 Å². The first kappa shape index (κ1) is 18.6. The Kier molecular flexibility index (Phi) is 5.52. The van der Waals surface area contributed by atoms with E-state index in [9.17, 15) is 14.7 Å². The van der Waals surface area contributed by atoms with Gasteiger partial charge in [-0.3, -0.25) is 4.79 Å².